The molecule has 1 rings (SSSR count). The number of esters is 1. The van der Waals surface area contributed by atoms with E-state index in [9.17, 15) is 9.90 Å². The summed E-state index contributed by atoms with van der Waals surface area (Å²) in [6, 6.07) is 7.79. The summed E-state index contributed by atoms with van der Waals surface area (Å²) in [7, 11) is 0. The molecule has 0 aliphatic heterocycles. The number of hydrogen-bond acceptors (Lipinski definition) is 3. The first-order valence-corrected chi connectivity index (χ1v) is 15.7. The Bertz CT molecular complexity index is 610. The van der Waals surface area contributed by atoms with E-state index in [2.05, 4.69) is 13.8 Å². The fourth-order valence-corrected chi connectivity index (χ4v) is 4.84. The highest BCUT2D eigenvalue weighted by Gasteiger charge is 2.17. The third kappa shape index (κ3) is 18.9. The number of benzene rings is 1. The summed E-state index contributed by atoms with van der Waals surface area (Å²) in [5.74, 6) is 0.00727. The van der Waals surface area contributed by atoms with Gasteiger partial charge in [0.15, 0.2) is 6.10 Å². The molecule has 0 radical (unpaired) electrons. The van der Waals surface area contributed by atoms with Crippen molar-refractivity contribution in [1.82, 2.24) is 0 Å². The van der Waals surface area contributed by atoms with Gasteiger partial charge in [-0.2, -0.15) is 0 Å². The summed E-state index contributed by atoms with van der Waals surface area (Å²) in [6.07, 6.45) is 28.0. The zero-order chi connectivity index (χ0) is 26.1. The zero-order valence-corrected chi connectivity index (χ0v) is 23.9. The topological polar surface area (TPSA) is 46.5 Å². The lowest BCUT2D eigenvalue weighted by Crippen LogP contribution is -2.25. The van der Waals surface area contributed by atoms with Crippen LogP contribution in [0.2, 0.25) is 0 Å². The van der Waals surface area contributed by atoms with Crippen molar-refractivity contribution in [3.63, 3.8) is 0 Å². The number of aliphatic hydroxyl groups excluding tert-OH is 1. The van der Waals surface area contributed by atoms with E-state index in [4.69, 9.17) is 4.74 Å². The molecule has 1 unspecified atom stereocenters. The average molecular weight is 503 g/mol. The van der Waals surface area contributed by atoms with E-state index in [1.807, 2.05) is 24.3 Å². The van der Waals surface area contributed by atoms with Crippen molar-refractivity contribution in [2.75, 3.05) is 0 Å². The first-order valence-electron chi connectivity index (χ1n) is 15.7. The number of aryl methyl sites for hydroxylation is 1. The van der Waals surface area contributed by atoms with Crippen LogP contribution in [-0.2, 0) is 11.2 Å². The number of hydrogen-bond donors (Lipinski definition) is 1. The molecule has 0 fully saturated rings. The highest BCUT2D eigenvalue weighted by molar-refractivity contribution is 5.76. The standard InChI is InChI=1S/C33H58O3/c1-3-5-7-9-11-12-13-14-15-16-17-19-21-23-25-32(34)33(35)36-31-28-26-30(27-29-31)24-22-20-18-10-8-6-4-2/h26-29,32,34H,3-25H2,1-2H3. The third-order valence-corrected chi connectivity index (χ3v) is 7.31. The van der Waals surface area contributed by atoms with Gasteiger partial charge in [-0.15, -0.1) is 0 Å². The Hall–Kier alpha value is -1.35. The smallest absolute Gasteiger partial charge is 0.340 e. The van der Waals surface area contributed by atoms with Crippen molar-refractivity contribution in [2.24, 2.45) is 0 Å². The van der Waals surface area contributed by atoms with Crippen LogP contribution in [0.15, 0.2) is 24.3 Å². The van der Waals surface area contributed by atoms with Crippen LogP contribution in [0.25, 0.3) is 0 Å². The van der Waals surface area contributed by atoms with Gasteiger partial charge in [-0.3, -0.25) is 0 Å². The second-order valence-corrected chi connectivity index (χ2v) is 10.8. The molecule has 0 aromatic heterocycles. The van der Waals surface area contributed by atoms with E-state index in [1.54, 1.807) is 0 Å². The van der Waals surface area contributed by atoms with Gasteiger partial charge in [0.25, 0.3) is 0 Å². The van der Waals surface area contributed by atoms with Crippen molar-refractivity contribution < 1.29 is 14.6 Å². The summed E-state index contributed by atoms with van der Waals surface area (Å²) < 4.78 is 5.39. The Labute approximate surface area is 223 Å². The lowest BCUT2D eigenvalue weighted by Gasteiger charge is -2.11. The summed E-state index contributed by atoms with van der Waals surface area (Å²) >= 11 is 0. The maximum absolute atomic E-state index is 12.2. The molecule has 3 heteroatoms. The van der Waals surface area contributed by atoms with Crippen molar-refractivity contribution in [2.45, 2.75) is 168 Å². The molecule has 1 atom stereocenters. The van der Waals surface area contributed by atoms with E-state index >= 15 is 0 Å². The Kier molecular flexibility index (Phi) is 21.8. The Morgan fingerprint density at radius 1 is 0.611 bits per heavy atom. The van der Waals surface area contributed by atoms with Crippen LogP contribution < -0.4 is 4.74 Å². The SMILES string of the molecule is CCCCCCCCCCCCCCCCC(O)C(=O)Oc1ccc(CCCCCCCCC)cc1. The molecule has 208 valence electrons. The maximum Gasteiger partial charge on any atom is 0.340 e. The lowest BCUT2D eigenvalue weighted by molar-refractivity contribution is -0.144. The molecular formula is C33H58O3. The monoisotopic (exact) mass is 502 g/mol. The second kappa shape index (κ2) is 24.0. The summed E-state index contributed by atoms with van der Waals surface area (Å²) in [6.45, 7) is 4.52. The van der Waals surface area contributed by atoms with Gasteiger partial charge in [0.05, 0.1) is 0 Å². The fourth-order valence-electron chi connectivity index (χ4n) is 4.84. The predicted octanol–water partition coefficient (Wildman–Crippen LogP) is 10.1. The molecule has 1 aromatic rings. The molecule has 0 saturated heterocycles. The fraction of sp³-hybridized carbons (Fsp3) is 0.788. The minimum atomic E-state index is -1.02. The number of carbonyl (C=O) groups excluding carboxylic acids is 1. The molecule has 0 heterocycles. The van der Waals surface area contributed by atoms with Gasteiger partial charge in [-0.05, 0) is 37.0 Å². The van der Waals surface area contributed by atoms with E-state index in [0.29, 0.717) is 12.2 Å². The number of aliphatic hydroxyl groups is 1. The number of ether oxygens (including phenoxy) is 1. The molecule has 0 amide bonds. The highest BCUT2D eigenvalue weighted by Crippen LogP contribution is 2.17. The Morgan fingerprint density at radius 2 is 1.00 bits per heavy atom. The average Bonchev–Trinajstić information content (AvgIpc) is 2.89. The van der Waals surface area contributed by atoms with Crippen LogP contribution >= 0.6 is 0 Å². The van der Waals surface area contributed by atoms with E-state index in [0.717, 1.165) is 19.3 Å². The van der Waals surface area contributed by atoms with Crippen LogP contribution in [0.1, 0.15) is 161 Å². The van der Waals surface area contributed by atoms with Crippen LogP contribution in [0.5, 0.6) is 5.75 Å². The van der Waals surface area contributed by atoms with Gasteiger partial charge < -0.3 is 9.84 Å². The Balaban J connectivity index is 1.99. The van der Waals surface area contributed by atoms with Gasteiger partial charge in [0.2, 0.25) is 0 Å². The first-order chi connectivity index (χ1) is 17.7. The van der Waals surface area contributed by atoms with Crippen LogP contribution in [0.3, 0.4) is 0 Å². The maximum atomic E-state index is 12.2. The molecule has 1 N–H and O–H groups in total. The summed E-state index contributed by atoms with van der Waals surface area (Å²) in [5, 5.41) is 10.2. The van der Waals surface area contributed by atoms with Crippen molar-refractivity contribution in [3.8, 4) is 5.75 Å². The Morgan fingerprint density at radius 3 is 1.44 bits per heavy atom. The molecule has 0 bridgehead atoms. The molecule has 0 aliphatic carbocycles. The molecular weight excluding hydrogens is 444 g/mol. The summed E-state index contributed by atoms with van der Waals surface area (Å²) in [4.78, 5) is 12.2. The molecule has 3 nitrogen and oxygen atoms in total. The number of rotatable bonds is 25. The first kappa shape index (κ1) is 32.7. The van der Waals surface area contributed by atoms with Gasteiger partial charge in [-0.1, -0.05) is 154 Å². The predicted molar refractivity (Wildman–Crippen MR) is 155 cm³/mol. The molecule has 0 aliphatic rings. The van der Waals surface area contributed by atoms with Crippen molar-refractivity contribution >= 4 is 5.97 Å². The molecule has 36 heavy (non-hydrogen) atoms. The van der Waals surface area contributed by atoms with Gasteiger partial charge in [0, 0.05) is 0 Å². The van der Waals surface area contributed by atoms with Crippen LogP contribution in [-0.4, -0.2) is 17.2 Å². The molecule has 0 saturated carbocycles. The number of unbranched alkanes of at least 4 members (excludes halogenated alkanes) is 19. The van der Waals surface area contributed by atoms with E-state index < -0.39 is 12.1 Å². The molecule has 1 aromatic carbocycles. The normalized spacial score (nSPS) is 12.1. The van der Waals surface area contributed by atoms with Crippen LogP contribution in [0.4, 0.5) is 0 Å². The highest BCUT2D eigenvalue weighted by atomic mass is 16.5. The van der Waals surface area contributed by atoms with Gasteiger partial charge in [-0.25, -0.2) is 4.79 Å². The van der Waals surface area contributed by atoms with E-state index in [1.165, 1.54) is 128 Å². The van der Waals surface area contributed by atoms with Crippen molar-refractivity contribution in [3.05, 3.63) is 29.8 Å². The number of carbonyl (C=O) groups is 1. The lowest BCUT2D eigenvalue weighted by atomic mass is 10.0. The quantitative estimate of drug-likeness (QED) is 0.0821. The largest absolute Gasteiger partial charge is 0.425 e. The minimum absolute atomic E-state index is 0.493. The third-order valence-electron chi connectivity index (χ3n) is 7.31. The summed E-state index contributed by atoms with van der Waals surface area (Å²) in [5.41, 5.74) is 1.28. The zero-order valence-electron chi connectivity index (χ0n) is 23.9. The minimum Gasteiger partial charge on any atom is -0.425 e. The van der Waals surface area contributed by atoms with Crippen LogP contribution in [0, 0.1) is 0 Å². The van der Waals surface area contributed by atoms with Gasteiger partial charge in [0.1, 0.15) is 5.75 Å². The van der Waals surface area contributed by atoms with E-state index in [-0.39, 0.29) is 0 Å². The van der Waals surface area contributed by atoms with Crippen molar-refractivity contribution in [1.29, 1.82) is 0 Å². The molecule has 0 spiro atoms. The van der Waals surface area contributed by atoms with Gasteiger partial charge >= 0.3 is 5.97 Å². The second-order valence-electron chi connectivity index (χ2n) is 10.8.